The summed E-state index contributed by atoms with van der Waals surface area (Å²) in [7, 11) is 0. The molecule has 1 aliphatic heterocycles. The number of rotatable bonds is 0. The fraction of sp³-hybridized carbons (Fsp3) is 0.300. The summed E-state index contributed by atoms with van der Waals surface area (Å²) >= 11 is 1.87. The van der Waals surface area contributed by atoms with E-state index >= 15 is 0 Å². The summed E-state index contributed by atoms with van der Waals surface area (Å²) in [4.78, 5) is 5.81. The number of nitrogens with zero attached hydrogens (tertiary/aromatic N) is 1. The summed E-state index contributed by atoms with van der Waals surface area (Å²) in [6, 6.07) is 6.44. The molecule has 0 radical (unpaired) electrons. The van der Waals surface area contributed by atoms with E-state index in [-0.39, 0.29) is 0 Å². The van der Waals surface area contributed by atoms with Crippen molar-refractivity contribution in [2.24, 2.45) is 4.99 Å². The normalized spacial score (nSPS) is 15.3. The average molecular weight is 177 g/mol. The monoisotopic (exact) mass is 177 g/mol. The van der Waals surface area contributed by atoms with Crippen LogP contribution in [0, 0.1) is 6.92 Å². The van der Waals surface area contributed by atoms with Crippen LogP contribution in [0.1, 0.15) is 12.5 Å². The van der Waals surface area contributed by atoms with Gasteiger partial charge in [0.15, 0.2) is 0 Å². The highest BCUT2D eigenvalue weighted by atomic mass is 32.2. The summed E-state index contributed by atoms with van der Waals surface area (Å²) in [5, 5.41) is 0. The Bertz CT molecular complexity index is 342. The van der Waals surface area contributed by atoms with E-state index in [1.807, 2.05) is 11.8 Å². The highest BCUT2D eigenvalue weighted by Crippen LogP contribution is 2.34. The van der Waals surface area contributed by atoms with Crippen molar-refractivity contribution in [3.63, 3.8) is 0 Å². The fourth-order valence-corrected chi connectivity index (χ4v) is 2.10. The Balaban J connectivity index is 2.53. The quantitative estimate of drug-likeness (QED) is 0.593. The molecule has 1 heterocycles. The standard InChI is InChI=1S/C10H11NS/c1-7-3-4-10-9(5-7)11-8(2)6-12-10/h3-5H,6H2,1-2H3. The van der Waals surface area contributed by atoms with Crippen LogP contribution in [0.4, 0.5) is 5.69 Å². The third-order valence-electron chi connectivity index (χ3n) is 1.86. The third-order valence-corrected chi connectivity index (χ3v) is 3.08. The van der Waals surface area contributed by atoms with Crippen molar-refractivity contribution in [2.75, 3.05) is 5.75 Å². The van der Waals surface area contributed by atoms with Gasteiger partial charge in [0.25, 0.3) is 0 Å². The molecule has 0 aliphatic carbocycles. The van der Waals surface area contributed by atoms with Gasteiger partial charge >= 0.3 is 0 Å². The molecular weight excluding hydrogens is 166 g/mol. The molecule has 0 N–H and O–H groups in total. The van der Waals surface area contributed by atoms with Crippen molar-refractivity contribution in [1.29, 1.82) is 0 Å². The first kappa shape index (κ1) is 7.87. The summed E-state index contributed by atoms with van der Waals surface area (Å²) in [6.45, 7) is 4.18. The summed E-state index contributed by atoms with van der Waals surface area (Å²) in [6.07, 6.45) is 0. The van der Waals surface area contributed by atoms with Gasteiger partial charge in [0, 0.05) is 16.4 Å². The lowest BCUT2D eigenvalue weighted by atomic mass is 10.2. The van der Waals surface area contributed by atoms with E-state index < -0.39 is 0 Å². The van der Waals surface area contributed by atoms with Gasteiger partial charge in [-0.2, -0.15) is 0 Å². The summed E-state index contributed by atoms with van der Waals surface area (Å²) in [5.41, 5.74) is 3.65. The average Bonchev–Trinajstić information content (AvgIpc) is 2.03. The fourth-order valence-electron chi connectivity index (χ4n) is 1.26. The maximum Gasteiger partial charge on any atom is 0.0767 e. The molecule has 0 saturated heterocycles. The minimum atomic E-state index is 1.04. The van der Waals surface area contributed by atoms with Crippen LogP contribution in [0.15, 0.2) is 28.1 Å². The molecule has 0 amide bonds. The van der Waals surface area contributed by atoms with Crippen LogP contribution in [0.5, 0.6) is 0 Å². The highest BCUT2D eigenvalue weighted by molar-refractivity contribution is 8.00. The van der Waals surface area contributed by atoms with Gasteiger partial charge in [-0.25, -0.2) is 0 Å². The molecule has 1 aliphatic rings. The molecule has 0 unspecified atom stereocenters. The molecule has 1 nitrogen and oxygen atoms in total. The topological polar surface area (TPSA) is 12.4 Å². The first-order valence-corrected chi connectivity index (χ1v) is 5.02. The number of benzene rings is 1. The van der Waals surface area contributed by atoms with Gasteiger partial charge in [-0.1, -0.05) is 6.07 Å². The largest absolute Gasteiger partial charge is 0.256 e. The second kappa shape index (κ2) is 2.94. The summed E-state index contributed by atoms with van der Waals surface area (Å²) < 4.78 is 0. The number of fused-ring (bicyclic) bond motifs is 1. The number of aliphatic imine (C=N–C) groups is 1. The van der Waals surface area contributed by atoms with E-state index in [0.717, 1.165) is 11.4 Å². The first-order chi connectivity index (χ1) is 5.75. The Morgan fingerprint density at radius 3 is 3.00 bits per heavy atom. The van der Waals surface area contributed by atoms with Gasteiger partial charge < -0.3 is 0 Å². The molecule has 0 aromatic heterocycles. The van der Waals surface area contributed by atoms with E-state index in [9.17, 15) is 0 Å². The summed E-state index contributed by atoms with van der Waals surface area (Å²) in [5.74, 6) is 1.04. The molecule has 0 spiro atoms. The highest BCUT2D eigenvalue weighted by Gasteiger charge is 2.08. The van der Waals surface area contributed by atoms with E-state index in [1.54, 1.807) is 0 Å². The van der Waals surface area contributed by atoms with Gasteiger partial charge in [-0.05, 0) is 31.5 Å². The van der Waals surface area contributed by atoms with Crippen molar-refractivity contribution in [3.8, 4) is 0 Å². The van der Waals surface area contributed by atoms with E-state index in [0.29, 0.717) is 0 Å². The van der Waals surface area contributed by atoms with Crippen LogP contribution in [0.3, 0.4) is 0 Å². The molecule has 62 valence electrons. The van der Waals surface area contributed by atoms with Gasteiger partial charge in [0.1, 0.15) is 0 Å². The van der Waals surface area contributed by atoms with Crippen molar-refractivity contribution in [3.05, 3.63) is 23.8 Å². The van der Waals surface area contributed by atoms with Crippen LogP contribution < -0.4 is 0 Å². The zero-order valence-corrected chi connectivity index (χ0v) is 8.11. The molecule has 1 aromatic carbocycles. The van der Waals surface area contributed by atoms with Crippen molar-refractivity contribution < 1.29 is 0 Å². The smallest absolute Gasteiger partial charge is 0.0767 e. The first-order valence-electron chi connectivity index (χ1n) is 4.03. The van der Waals surface area contributed by atoms with E-state index in [1.165, 1.54) is 16.2 Å². The predicted octanol–water partition coefficient (Wildman–Crippen LogP) is 3.19. The molecule has 2 heteroatoms. The molecule has 12 heavy (non-hydrogen) atoms. The zero-order valence-electron chi connectivity index (χ0n) is 7.29. The second-order valence-electron chi connectivity index (χ2n) is 3.11. The maximum absolute atomic E-state index is 4.50. The second-order valence-corrected chi connectivity index (χ2v) is 4.12. The molecule has 0 fully saturated rings. The molecule has 0 atom stereocenters. The molecule has 0 bridgehead atoms. The van der Waals surface area contributed by atoms with Gasteiger partial charge in [-0.15, -0.1) is 11.8 Å². The van der Waals surface area contributed by atoms with Gasteiger partial charge in [-0.3, -0.25) is 4.99 Å². The van der Waals surface area contributed by atoms with Crippen molar-refractivity contribution in [2.45, 2.75) is 18.7 Å². The van der Waals surface area contributed by atoms with Crippen LogP contribution >= 0.6 is 11.8 Å². The molecule has 2 rings (SSSR count). The van der Waals surface area contributed by atoms with Gasteiger partial charge in [0.2, 0.25) is 0 Å². The lowest BCUT2D eigenvalue weighted by Gasteiger charge is -2.12. The van der Waals surface area contributed by atoms with E-state index in [2.05, 4.69) is 37.0 Å². The maximum atomic E-state index is 4.50. The molecule has 0 saturated carbocycles. The van der Waals surface area contributed by atoms with Crippen LogP contribution in [0.25, 0.3) is 0 Å². The van der Waals surface area contributed by atoms with Crippen LogP contribution in [0.2, 0.25) is 0 Å². The Labute approximate surface area is 76.9 Å². The van der Waals surface area contributed by atoms with Crippen molar-refractivity contribution >= 4 is 23.2 Å². The van der Waals surface area contributed by atoms with Crippen LogP contribution in [-0.4, -0.2) is 11.5 Å². The molecular formula is C10H11NS. The van der Waals surface area contributed by atoms with E-state index in [4.69, 9.17) is 0 Å². The van der Waals surface area contributed by atoms with Crippen LogP contribution in [-0.2, 0) is 0 Å². The van der Waals surface area contributed by atoms with Gasteiger partial charge in [0.05, 0.1) is 5.69 Å². The molecule has 1 aromatic rings. The Hall–Kier alpha value is -0.760. The lowest BCUT2D eigenvalue weighted by molar-refractivity contribution is 1.30. The number of hydrogen-bond acceptors (Lipinski definition) is 2. The third kappa shape index (κ3) is 1.39. The minimum absolute atomic E-state index is 1.04. The Morgan fingerprint density at radius 1 is 1.33 bits per heavy atom. The zero-order chi connectivity index (χ0) is 8.55. The Morgan fingerprint density at radius 2 is 2.17 bits per heavy atom. The Kier molecular flexibility index (Phi) is 1.93. The minimum Gasteiger partial charge on any atom is -0.256 e. The SMILES string of the molecule is CC1=Nc2cc(C)ccc2SC1. The lowest BCUT2D eigenvalue weighted by Crippen LogP contribution is -1.99. The number of thioether (sulfide) groups is 1. The number of aryl methyl sites for hydroxylation is 1. The predicted molar refractivity (Wildman–Crippen MR) is 54.7 cm³/mol. The number of hydrogen-bond donors (Lipinski definition) is 0. The van der Waals surface area contributed by atoms with Crippen molar-refractivity contribution in [1.82, 2.24) is 0 Å².